The quantitative estimate of drug-likeness (QED) is 0.295. The number of nitrogens with two attached hydrogens (primary N) is 1. The van der Waals surface area contributed by atoms with Gasteiger partial charge in [-0.25, -0.2) is 0 Å². The molecule has 1 heterocycles. The van der Waals surface area contributed by atoms with Crippen LogP contribution in [0.3, 0.4) is 0 Å². The van der Waals surface area contributed by atoms with Crippen LogP contribution in [0.25, 0.3) is 10.9 Å². The van der Waals surface area contributed by atoms with E-state index in [1.54, 1.807) is 6.07 Å². The van der Waals surface area contributed by atoms with Crippen LogP contribution >= 0.6 is 0 Å². The first-order chi connectivity index (χ1) is 9.60. The predicted molar refractivity (Wildman–Crippen MR) is 74.1 cm³/mol. The first kappa shape index (κ1) is 12.5. The second-order valence-corrected chi connectivity index (χ2v) is 5.10. The molecular formula is C14H15N3O3. The van der Waals surface area contributed by atoms with E-state index in [0.717, 1.165) is 35.0 Å². The number of nitrogens with zero attached hydrogens (tertiary/aromatic N) is 1. The second kappa shape index (κ2) is 4.56. The predicted octanol–water partition coefficient (Wildman–Crippen LogP) is 1.77. The zero-order chi connectivity index (χ0) is 14.3. The number of aromatic nitrogens is 1. The number of hydrogen-bond donors (Lipinski definition) is 4. The summed E-state index contributed by atoms with van der Waals surface area (Å²) in [6.07, 6.45) is 1.84. The Labute approximate surface area is 114 Å². The van der Waals surface area contributed by atoms with Crippen LogP contribution in [-0.2, 0) is 11.2 Å². The molecule has 1 aromatic carbocycles. The fourth-order valence-corrected chi connectivity index (χ4v) is 2.98. The molecule has 1 atom stereocenters. The monoisotopic (exact) mass is 273 g/mol. The molecule has 1 unspecified atom stereocenters. The molecule has 20 heavy (non-hydrogen) atoms. The molecule has 3 rings (SSSR count). The lowest BCUT2D eigenvalue weighted by molar-refractivity contribution is -0.137. The van der Waals surface area contributed by atoms with Crippen LogP contribution in [0.5, 0.6) is 0 Å². The van der Waals surface area contributed by atoms with E-state index in [9.17, 15) is 4.79 Å². The van der Waals surface area contributed by atoms with Gasteiger partial charge in [0.2, 0.25) is 0 Å². The average Bonchev–Trinajstić information content (AvgIpc) is 2.97. The third-order valence-electron chi connectivity index (χ3n) is 3.91. The van der Waals surface area contributed by atoms with Gasteiger partial charge in [-0.05, 0) is 36.6 Å². The number of oxime groups is 1. The molecule has 1 aliphatic rings. The summed E-state index contributed by atoms with van der Waals surface area (Å²) in [5.41, 5.74) is 9.38. The summed E-state index contributed by atoms with van der Waals surface area (Å²) in [4.78, 5) is 14.2. The number of nitrogens with one attached hydrogen (secondary N) is 1. The van der Waals surface area contributed by atoms with Crippen molar-refractivity contribution in [3.05, 3.63) is 35.0 Å². The highest BCUT2D eigenvalue weighted by Gasteiger charge is 2.28. The lowest BCUT2D eigenvalue weighted by Gasteiger charge is -2.05. The highest BCUT2D eigenvalue weighted by atomic mass is 16.4. The average molecular weight is 273 g/mol. The molecule has 6 heteroatoms. The maximum absolute atomic E-state index is 10.9. The van der Waals surface area contributed by atoms with Crippen LogP contribution in [0, 0.1) is 0 Å². The van der Waals surface area contributed by atoms with E-state index < -0.39 is 5.97 Å². The summed E-state index contributed by atoms with van der Waals surface area (Å²) >= 11 is 0. The molecule has 0 saturated heterocycles. The third kappa shape index (κ3) is 1.89. The Hall–Kier alpha value is -2.50. The maximum Gasteiger partial charge on any atom is 0.304 e. The van der Waals surface area contributed by atoms with Crippen molar-refractivity contribution in [2.45, 2.75) is 25.2 Å². The molecule has 0 bridgehead atoms. The fourth-order valence-electron chi connectivity index (χ4n) is 2.98. The first-order valence-electron chi connectivity index (χ1n) is 6.44. The number of carboxylic acids is 1. The number of hydrogen-bond acceptors (Lipinski definition) is 3. The third-order valence-corrected chi connectivity index (χ3v) is 3.91. The standard InChI is InChI=1S/C14H15N3O3/c15-14(17-20)8-2-4-11-10(5-8)9-3-1-7(6-12(18)19)13(9)16-11/h2,4-5,7,16,20H,1,3,6H2,(H2,15,17)(H,18,19). The molecule has 0 amide bonds. The Morgan fingerprint density at radius 3 is 3.00 bits per heavy atom. The van der Waals surface area contributed by atoms with E-state index in [2.05, 4.69) is 10.1 Å². The normalized spacial score (nSPS) is 18.4. The minimum absolute atomic E-state index is 0.0437. The molecule has 6 nitrogen and oxygen atoms in total. The summed E-state index contributed by atoms with van der Waals surface area (Å²) < 4.78 is 0. The zero-order valence-corrected chi connectivity index (χ0v) is 10.8. The maximum atomic E-state index is 10.9. The minimum Gasteiger partial charge on any atom is -0.481 e. The summed E-state index contributed by atoms with van der Waals surface area (Å²) in [5.74, 6) is -0.664. The highest BCUT2D eigenvalue weighted by Crippen LogP contribution is 2.39. The second-order valence-electron chi connectivity index (χ2n) is 5.10. The summed E-state index contributed by atoms with van der Waals surface area (Å²) in [6.45, 7) is 0. The zero-order valence-electron chi connectivity index (χ0n) is 10.8. The van der Waals surface area contributed by atoms with Gasteiger partial charge in [-0.1, -0.05) is 5.16 Å². The molecule has 5 N–H and O–H groups in total. The number of fused-ring (bicyclic) bond motifs is 3. The van der Waals surface area contributed by atoms with Gasteiger partial charge < -0.3 is 21.0 Å². The van der Waals surface area contributed by atoms with Gasteiger partial charge in [-0.3, -0.25) is 4.79 Å². The van der Waals surface area contributed by atoms with Gasteiger partial charge >= 0.3 is 5.97 Å². The number of aliphatic carboxylic acids is 1. The molecule has 0 fully saturated rings. The van der Waals surface area contributed by atoms with Gasteiger partial charge in [-0.2, -0.15) is 0 Å². The van der Waals surface area contributed by atoms with Crippen LogP contribution in [-0.4, -0.2) is 27.1 Å². The Morgan fingerprint density at radius 1 is 1.50 bits per heavy atom. The molecule has 1 aromatic heterocycles. The van der Waals surface area contributed by atoms with Gasteiger partial charge in [0.25, 0.3) is 0 Å². The van der Waals surface area contributed by atoms with Crippen LogP contribution in [0.1, 0.15) is 35.6 Å². The van der Waals surface area contributed by atoms with E-state index in [1.807, 2.05) is 12.1 Å². The Bertz CT molecular complexity index is 718. The van der Waals surface area contributed by atoms with E-state index >= 15 is 0 Å². The van der Waals surface area contributed by atoms with E-state index in [4.69, 9.17) is 16.0 Å². The van der Waals surface area contributed by atoms with Gasteiger partial charge in [0.1, 0.15) is 0 Å². The Kier molecular flexibility index (Phi) is 2.85. The van der Waals surface area contributed by atoms with E-state index in [-0.39, 0.29) is 18.2 Å². The molecule has 0 spiro atoms. The van der Waals surface area contributed by atoms with E-state index in [0.29, 0.717) is 5.56 Å². The Morgan fingerprint density at radius 2 is 2.30 bits per heavy atom. The van der Waals surface area contributed by atoms with Crippen molar-refractivity contribution in [3.8, 4) is 0 Å². The number of aryl methyl sites for hydroxylation is 1. The van der Waals surface area contributed by atoms with E-state index in [1.165, 1.54) is 0 Å². The molecule has 1 aliphatic carbocycles. The van der Waals surface area contributed by atoms with Gasteiger partial charge in [0.15, 0.2) is 5.84 Å². The number of H-pyrrole nitrogens is 1. The largest absolute Gasteiger partial charge is 0.481 e. The van der Waals surface area contributed by atoms with Crippen molar-refractivity contribution in [2.24, 2.45) is 10.9 Å². The van der Waals surface area contributed by atoms with Crippen molar-refractivity contribution in [1.82, 2.24) is 4.98 Å². The number of amidine groups is 1. The molecule has 2 aromatic rings. The summed E-state index contributed by atoms with van der Waals surface area (Å²) in [6, 6.07) is 5.52. The lowest BCUT2D eigenvalue weighted by Crippen LogP contribution is -2.12. The van der Waals surface area contributed by atoms with Crippen LogP contribution in [0.4, 0.5) is 0 Å². The van der Waals surface area contributed by atoms with Crippen LogP contribution < -0.4 is 5.73 Å². The molecular weight excluding hydrogens is 258 g/mol. The first-order valence-corrected chi connectivity index (χ1v) is 6.44. The van der Waals surface area contributed by atoms with Crippen molar-refractivity contribution in [1.29, 1.82) is 0 Å². The fraction of sp³-hybridized carbons (Fsp3) is 0.286. The Balaban J connectivity index is 2.08. The SMILES string of the molecule is N/C(=N\O)c1ccc2[nH]c3c(c2c1)CCC3CC(=O)O. The molecule has 0 saturated carbocycles. The topological polar surface area (TPSA) is 112 Å². The van der Waals surface area contributed by atoms with Gasteiger partial charge in [0.05, 0.1) is 6.42 Å². The molecule has 104 valence electrons. The number of carboxylic acid groups (broad SMARTS) is 1. The lowest BCUT2D eigenvalue weighted by atomic mass is 10.0. The highest BCUT2D eigenvalue weighted by molar-refractivity contribution is 6.01. The minimum atomic E-state index is -0.779. The number of carbonyl (C=O) groups is 1. The van der Waals surface area contributed by atoms with Crippen LogP contribution in [0.15, 0.2) is 23.4 Å². The number of benzene rings is 1. The van der Waals surface area contributed by atoms with Gasteiger partial charge in [-0.15, -0.1) is 0 Å². The summed E-state index contributed by atoms with van der Waals surface area (Å²) in [7, 11) is 0. The van der Waals surface area contributed by atoms with Crippen molar-refractivity contribution in [2.75, 3.05) is 0 Å². The smallest absolute Gasteiger partial charge is 0.304 e. The van der Waals surface area contributed by atoms with Gasteiger partial charge in [0, 0.05) is 28.1 Å². The van der Waals surface area contributed by atoms with Crippen LogP contribution in [0.2, 0.25) is 0 Å². The number of rotatable bonds is 3. The summed E-state index contributed by atoms with van der Waals surface area (Å²) in [5, 5.41) is 21.7. The molecule has 0 aliphatic heterocycles. The van der Waals surface area contributed by atoms with Crippen molar-refractivity contribution in [3.63, 3.8) is 0 Å². The number of aromatic amines is 1. The van der Waals surface area contributed by atoms with Crippen molar-refractivity contribution < 1.29 is 15.1 Å². The molecule has 0 radical (unpaired) electrons. The van der Waals surface area contributed by atoms with Crippen molar-refractivity contribution >= 4 is 22.7 Å².